The van der Waals surface area contributed by atoms with Crippen LogP contribution in [-0.4, -0.2) is 4.92 Å². The van der Waals surface area contributed by atoms with Crippen LogP contribution in [0.2, 0.25) is 0 Å². The second kappa shape index (κ2) is 8.93. The Labute approximate surface area is 179 Å². The third kappa shape index (κ3) is 4.77. The maximum Gasteiger partial charge on any atom is 0.270 e. The third-order valence-electron chi connectivity index (χ3n) is 4.90. The van der Waals surface area contributed by atoms with Gasteiger partial charge in [-0.25, -0.2) is 0 Å². The molecule has 0 N–H and O–H groups in total. The number of nitro groups is 1. The van der Waals surface area contributed by atoms with Crippen molar-refractivity contribution in [3.8, 4) is 11.8 Å². The van der Waals surface area contributed by atoms with Gasteiger partial charge >= 0.3 is 0 Å². The van der Waals surface area contributed by atoms with Gasteiger partial charge in [-0.3, -0.25) is 10.1 Å². The fourth-order valence-corrected chi connectivity index (χ4v) is 3.29. The van der Waals surface area contributed by atoms with Crippen LogP contribution >= 0.6 is 0 Å². The van der Waals surface area contributed by atoms with E-state index in [2.05, 4.69) is 36.4 Å². The van der Waals surface area contributed by atoms with Crippen LogP contribution in [-0.2, 0) is 6.61 Å². The van der Waals surface area contributed by atoms with Gasteiger partial charge in [-0.2, -0.15) is 5.26 Å². The average Bonchev–Trinajstić information content (AvgIpc) is 2.82. The summed E-state index contributed by atoms with van der Waals surface area (Å²) in [6.45, 7) is 0.456. The fourth-order valence-electron chi connectivity index (χ4n) is 3.29. The number of benzene rings is 4. The summed E-state index contributed by atoms with van der Waals surface area (Å²) in [7, 11) is 0. The lowest BCUT2D eigenvalue weighted by molar-refractivity contribution is -0.384. The highest BCUT2D eigenvalue weighted by Crippen LogP contribution is 2.23. The van der Waals surface area contributed by atoms with Gasteiger partial charge < -0.3 is 4.74 Å². The van der Waals surface area contributed by atoms with Gasteiger partial charge in [0.25, 0.3) is 5.69 Å². The van der Waals surface area contributed by atoms with Crippen LogP contribution in [0.3, 0.4) is 0 Å². The Balaban J connectivity index is 1.47. The molecule has 150 valence electrons. The largest absolute Gasteiger partial charge is 0.489 e. The zero-order valence-electron chi connectivity index (χ0n) is 16.6. The van der Waals surface area contributed by atoms with Crippen LogP contribution in [0.4, 0.5) is 5.69 Å². The van der Waals surface area contributed by atoms with E-state index in [1.807, 2.05) is 36.4 Å². The molecule has 4 rings (SSSR count). The SMILES string of the molecule is N#C/C(=C/c1ccc(OCc2ccc3ccccc3c2)cc1)c1cccc([N+](=O)[O-])c1. The standard InChI is InChI=1S/C26H18N2O3/c27-17-24(23-6-3-7-25(16-23)28(29)30)14-19-9-12-26(13-10-19)31-18-20-8-11-21-4-1-2-5-22(21)15-20/h1-16H,18H2/b24-14-. The Hall–Kier alpha value is -4.43. The molecule has 0 heterocycles. The molecule has 0 radical (unpaired) electrons. The molecule has 4 aromatic rings. The second-order valence-electron chi connectivity index (χ2n) is 7.02. The third-order valence-corrected chi connectivity index (χ3v) is 4.90. The summed E-state index contributed by atoms with van der Waals surface area (Å²) in [5, 5.41) is 22.8. The summed E-state index contributed by atoms with van der Waals surface area (Å²) in [5.41, 5.74) is 2.71. The number of nitriles is 1. The predicted molar refractivity (Wildman–Crippen MR) is 121 cm³/mol. The van der Waals surface area contributed by atoms with Crippen LogP contribution in [0.1, 0.15) is 16.7 Å². The normalized spacial score (nSPS) is 11.1. The van der Waals surface area contributed by atoms with E-state index in [9.17, 15) is 15.4 Å². The Morgan fingerprint density at radius 2 is 1.71 bits per heavy atom. The molecule has 0 fully saturated rings. The monoisotopic (exact) mass is 406 g/mol. The van der Waals surface area contributed by atoms with E-state index in [1.165, 1.54) is 22.9 Å². The lowest BCUT2D eigenvalue weighted by Crippen LogP contribution is -1.95. The Kier molecular flexibility index (Phi) is 5.72. The first-order valence-electron chi connectivity index (χ1n) is 9.69. The molecule has 0 unspecified atom stereocenters. The summed E-state index contributed by atoms with van der Waals surface area (Å²) in [6.07, 6.45) is 1.70. The number of allylic oxidation sites excluding steroid dienone is 1. The van der Waals surface area contributed by atoms with E-state index in [-0.39, 0.29) is 5.69 Å². The first-order chi connectivity index (χ1) is 15.1. The van der Waals surface area contributed by atoms with Crippen molar-refractivity contribution in [1.82, 2.24) is 0 Å². The first-order valence-corrected chi connectivity index (χ1v) is 9.69. The van der Waals surface area contributed by atoms with Gasteiger partial charge in [-0.05, 0) is 51.7 Å². The number of hydrogen-bond donors (Lipinski definition) is 0. The van der Waals surface area contributed by atoms with E-state index >= 15 is 0 Å². The first kappa shape index (κ1) is 19.9. The van der Waals surface area contributed by atoms with Crippen molar-refractivity contribution >= 4 is 28.1 Å². The van der Waals surface area contributed by atoms with Crippen LogP contribution in [0.5, 0.6) is 5.75 Å². The van der Waals surface area contributed by atoms with Gasteiger partial charge in [0.15, 0.2) is 0 Å². The summed E-state index contributed by atoms with van der Waals surface area (Å²) < 4.78 is 5.89. The molecule has 5 heteroatoms. The summed E-state index contributed by atoms with van der Waals surface area (Å²) >= 11 is 0. The molecule has 0 aliphatic heterocycles. The molecule has 0 aliphatic carbocycles. The second-order valence-corrected chi connectivity index (χ2v) is 7.02. The topological polar surface area (TPSA) is 76.2 Å². The highest BCUT2D eigenvalue weighted by molar-refractivity contribution is 5.90. The van der Waals surface area contributed by atoms with Gasteiger partial charge in [0.1, 0.15) is 12.4 Å². The van der Waals surface area contributed by atoms with Gasteiger partial charge in [0, 0.05) is 12.1 Å². The quantitative estimate of drug-likeness (QED) is 0.161. The Bertz CT molecular complexity index is 1320. The minimum absolute atomic E-state index is 0.0453. The minimum Gasteiger partial charge on any atom is -0.489 e. The van der Waals surface area contributed by atoms with E-state index in [0.29, 0.717) is 17.7 Å². The van der Waals surface area contributed by atoms with Crippen molar-refractivity contribution in [3.05, 3.63) is 118 Å². The van der Waals surface area contributed by atoms with Gasteiger partial charge in [0.2, 0.25) is 0 Å². The highest BCUT2D eigenvalue weighted by Gasteiger charge is 2.09. The van der Waals surface area contributed by atoms with Crippen molar-refractivity contribution < 1.29 is 9.66 Å². The fraction of sp³-hybridized carbons (Fsp3) is 0.0385. The lowest BCUT2D eigenvalue weighted by atomic mass is 10.0. The van der Waals surface area contributed by atoms with Crippen molar-refractivity contribution in [2.24, 2.45) is 0 Å². The van der Waals surface area contributed by atoms with Crippen molar-refractivity contribution in [2.75, 3.05) is 0 Å². The van der Waals surface area contributed by atoms with E-state index in [1.54, 1.807) is 18.2 Å². The summed E-state index contributed by atoms with van der Waals surface area (Å²) in [5.74, 6) is 0.721. The number of hydrogen-bond acceptors (Lipinski definition) is 4. The molecule has 0 saturated heterocycles. The molecular formula is C26H18N2O3. The maximum atomic E-state index is 11.0. The van der Waals surface area contributed by atoms with E-state index < -0.39 is 4.92 Å². The number of ether oxygens (including phenoxy) is 1. The van der Waals surface area contributed by atoms with Gasteiger partial charge in [0.05, 0.1) is 16.6 Å². The molecule has 5 nitrogen and oxygen atoms in total. The molecule has 0 atom stereocenters. The number of non-ortho nitro benzene ring substituents is 1. The summed E-state index contributed by atoms with van der Waals surface area (Å²) in [6, 6.07) is 30.0. The van der Waals surface area contributed by atoms with Crippen LogP contribution in [0, 0.1) is 21.4 Å². The van der Waals surface area contributed by atoms with Crippen LogP contribution < -0.4 is 4.74 Å². The number of nitro benzene ring substituents is 1. The molecule has 0 bridgehead atoms. The molecule has 0 aliphatic rings. The van der Waals surface area contributed by atoms with E-state index in [0.717, 1.165) is 16.9 Å². The van der Waals surface area contributed by atoms with Gasteiger partial charge in [-0.15, -0.1) is 0 Å². The van der Waals surface area contributed by atoms with Gasteiger partial charge in [-0.1, -0.05) is 60.7 Å². The number of nitrogens with zero attached hydrogens (tertiary/aromatic N) is 2. The molecule has 0 amide bonds. The maximum absolute atomic E-state index is 11.0. The van der Waals surface area contributed by atoms with Crippen molar-refractivity contribution in [2.45, 2.75) is 6.61 Å². The van der Waals surface area contributed by atoms with E-state index in [4.69, 9.17) is 4.74 Å². The zero-order valence-corrected chi connectivity index (χ0v) is 16.6. The van der Waals surface area contributed by atoms with Crippen molar-refractivity contribution in [3.63, 3.8) is 0 Å². The molecule has 4 aromatic carbocycles. The highest BCUT2D eigenvalue weighted by atomic mass is 16.6. The lowest BCUT2D eigenvalue weighted by Gasteiger charge is -2.08. The Morgan fingerprint density at radius 1 is 0.935 bits per heavy atom. The predicted octanol–water partition coefficient (Wildman–Crippen LogP) is 6.39. The molecule has 31 heavy (non-hydrogen) atoms. The Morgan fingerprint density at radius 3 is 2.45 bits per heavy atom. The van der Waals surface area contributed by atoms with Crippen LogP contribution in [0.25, 0.3) is 22.4 Å². The molecule has 0 aromatic heterocycles. The minimum atomic E-state index is -0.472. The van der Waals surface area contributed by atoms with Crippen molar-refractivity contribution in [1.29, 1.82) is 5.26 Å². The molecule has 0 saturated carbocycles. The summed E-state index contributed by atoms with van der Waals surface area (Å²) in [4.78, 5) is 10.5. The zero-order chi connectivity index (χ0) is 21.6. The molecular weight excluding hydrogens is 388 g/mol. The number of rotatable bonds is 6. The van der Waals surface area contributed by atoms with Crippen LogP contribution in [0.15, 0.2) is 91.0 Å². The smallest absolute Gasteiger partial charge is 0.270 e. The number of fused-ring (bicyclic) bond motifs is 1. The average molecular weight is 406 g/mol. The molecule has 0 spiro atoms.